The van der Waals surface area contributed by atoms with Crippen LogP contribution in [0, 0.1) is 0 Å². The molecule has 0 atom stereocenters. The zero-order valence-corrected chi connectivity index (χ0v) is 18.0. The van der Waals surface area contributed by atoms with Crippen molar-refractivity contribution in [1.29, 1.82) is 0 Å². The molecule has 0 aliphatic rings. The molecule has 4 aromatic rings. The molecule has 0 saturated heterocycles. The van der Waals surface area contributed by atoms with Crippen molar-refractivity contribution >= 4 is 62.7 Å². The summed E-state index contributed by atoms with van der Waals surface area (Å²) < 4.78 is 11.8. The van der Waals surface area contributed by atoms with E-state index in [-0.39, 0.29) is 29.3 Å². The van der Waals surface area contributed by atoms with Crippen LogP contribution in [0.2, 0.25) is 0 Å². The molecule has 1 N–H and O–H groups in total. The van der Waals surface area contributed by atoms with E-state index < -0.39 is 5.97 Å². The van der Waals surface area contributed by atoms with Gasteiger partial charge in [-0.3, -0.25) is 14.2 Å². The Bertz CT molecular complexity index is 1370. The molecule has 0 radical (unpaired) electrons. The number of rotatable bonds is 7. The van der Waals surface area contributed by atoms with Gasteiger partial charge in [0.2, 0.25) is 11.5 Å². The van der Waals surface area contributed by atoms with Gasteiger partial charge in [-0.05, 0) is 23.6 Å². The lowest BCUT2D eigenvalue weighted by atomic mass is 10.2. The molecule has 0 fully saturated rings. The largest absolute Gasteiger partial charge is 0.465 e. The van der Waals surface area contributed by atoms with Crippen LogP contribution in [0.15, 0.2) is 62.7 Å². The second kappa shape index (κ2) is 8.78. The van der Waals surface area contributed by atoms with Crippen LogP contribution < -0.4 is 10.9 Å². The molecule has 31 heavy (non-hydrogen) atoms. The first-order valence-corrected chi connectivity index (χ1v) is 11.0. The molecule has 4 rings (SSSR count). The zero-order valence-electron chi connectivity index (χ0n) is 16.4. The van der Waals surface area contributed by atoms with Crippen LogP contribution in [0.25, 0.3) is 22.1 Å². The lowest BCUT2D eigenvalue weighted by Crippen LogP contribution is -2.23. The predicted octanol–water partition coefficient (Wildman–Crippen LogP) is 3.91. The fourth-order valence-electron chi connectivity index (χ4n) is 3.03. The SMILES string of the molecule is C=CCn1c(SCC(=O)Nc2ccsc2C(=O)OC)nc2c(oc3ccccc32)c1=O. The van der Waals surface area contributed by atoms with E-state index in [9.17, 15) is 14.4 Å². The highest BCUT2D eigenvalue weighted by Gasteiger charge is 2.19. The van der Waals surface area contributed by atoms with Gasteiger partial charge < -0.3 is 14.5 Å². The van der Waals surface area contributed by atoms with Crippen LogP contribution in [-0.4, -0.2) is 34.3 Å². The number of hydrogen-bond acceptors (Lipinski definition) is 8. The Morgan fingerprint density at radius 3 is 2.94 bits per heavy atom. The number of amides is 1. The van der Waals surface area contributed by atoms with Gasteiger partial charge in [0.15, 0.2) is 5.16 Å². The third-order valence-corrected chi connectivity index (χ3v) is 6.27. The lowest BCUT2D eigenvalue weighted by Gasteiger charge is -2.10. The molecular formula is C21H17N3O5S2. The second-order valence-electron chi connectivity index (χ2n) is 6.37. The number of fused-ring (bicyclic) bond motifs is 3. The van der Waals surface area contributed by atoms with Crippen molar-refractivity contribution in [3.8, 4) is 0 Å². The summed E-state index contributed by atoms with van der Waals surface area (Å²) >= 11 is 2.29. The standard InChI is InChI=1S/C21H17N3O5S2/c1-3-9-24-19(26)17-16(12-6-4-5-7-14(12)29-17)23-21(24)31-11-15(25)22-13-8-10-30-18(13)20(27)28-2/h3-8,10H,1,9,11H2,2H3,(H,22,25). The number of thioether (sulfide) groups is 1. The van der Waals surface area contributed by atoms with E-state index in [1.807, 2.05) is 18.2 Å². The Labute approximate surface area is 184 Å². The Hall–Kier alpha value is -3.37. The van der Waals surface area contributed by atoms with Gasteiger partial charge in [0, 0.05) is 11.9 Å². The Morgan fingerprint density at radius 1 is 1.35 bits per heavy atom. The molecule has 0 aliphatic carbocycles. The van der Waals surface area contributed by atoms with Crippen LogP contribution in [0.5, 0.6) is 0 Å². The van der Waals surface area contributed by atoms with Crippen molar-refractivity contribution in [3.63, 3.8) is 0 Å². The predicted molar refractivity (Wildman–Crippen MR) is 121 cm³/mol. The number of carbonyl (C=O) groups excluding carboxylic acids is 2. The highest BCUT2D eigenvalue weighted by Crippen LogP contribution is 2.28. The van der Waals surface area contributed by atoms with Gasteiger partial charge in [0.1, 0.15) is 16.0 Å². The normalized spacial score (nSPS) is 11.0. The molecule has 158 valence electrons. The highest BCUT2D eigenvalue weighted by atomic mass is 32.2. The number of anilines is 1. The summed E-state index contributed by atoms with van der Waals surface area (Å²) in [6.07, 6.45) is 1.58. The number of carbonyl (C=O) groups is 2. The maximum atomic E-state index is 13.0. The average molecular weight is 456 g/mol. The second-order valence-corrected chi connectivity index (χ2v) is 8.23. The molecule has 0 spiro atoms. The minimum absolute atomic E-state index is 0.0126. The Morgan fingerprint density at radius 2 is 2.16 bits per heavy atom. The molecule has 0 bridgehead atoms. The average Bonchev–Trinajstić information content (AvgIpc) is 3.38. The molecule has 0 saturated carbocycles. The van der Waals surface area contributed by atoms with Gasteiger partial charge in [0.05, 0.1) is 18.6 Å². The smallest absolute Gasteiger partial charge is 0.350 e. The number of nitrogens with one attached hydrogen (secondary N) is 1. The van der Waals surface area contributed by atoms with Gasteiger partial charge in [-0.2, -0.15) is 0 Å². The molecular weight excluding hydrogens is 438 g/mol. The van der Waals surface area contributed by atoms with Gasteiger partial charge in [-0.1, -0.05) is 30.0 Å². The number of furan rings is 1. The molecule has 1 aromatic carbocycles. The van der Waals surface area contributed by atoms with Crippen molar-refractivity contribution in [3.05, 3.63) is 63.6 Å². The number of nitrogens with zero attached hydrogens (tertiary/aromatic N) is 2. The zero-order chi connectivity index (χ0) is 22.0. The van der Waals surface area contributed by atoms with E-state index in [0.29, 0.717) is 26.8 Å². The molecule has 3 heterocycles. The van der Waals surface area contributed by atoms with Crippen LogP contribution in [0.4, 0.5) is 5.69 Å². The summed E-state index contributed by atoms with van der Waals surface area (Å²) in [4.78, 5) is 42.2. The molecule has 1 amide bonds. The van der Waals surface area contributed by atoms with Crippen LogP contribution in [0.3, 0.4) is 0 Å². The van der Waals surface area contributed by atoms with E-state index in [1.165, 1.54) is 23.0 Å². The summed E-state index contributed by atoms with van der Waals surface area (Å²) in [6.45, 7) is 3.91. The van der Waals surface area contributed by atoms with Crippen LogP contribution in [-0.2, 0) is 16.1 Å². The first-order valence-electron chi connectivity index (χ1n) is 9.15. The van der Waals surface area contributed by atoms with E-state index in [1.54, 1.807) is 23.6 Å². The number of thiophene rings is 1. The summed E-state index contributed by atoms with van der Waals surface area (Å²) in [6, 6.07) is 8.90. The number of ether oxygens (including phenoxy) is 1. The summed E-state index contributed by atoms with van der Waals surface area (Å²) in [7, 11) is 1.28. The quantitative estimate of drug-likeness (QED) is 0.195. The molecule has 8 nitrogen and oxygen atoms in total. The summed E-state index contributed by atoms with van der Waals surface area (Å²) in [5, 5.41) is 5.49. The number of aromatic nitrogens is 2. The number of methoxy groups -OCH3 is 1. The van der Waals surface area contributed by atoms with E-state index in [4.69, 9.17) is 9.15 Å². The fraction of sp³-hybridized carbons (Fsp3) is 0.143. The number of benzene rings is 1. The number of hydrogen-bond donors (Lipinski definition) is 1. The van der Waals surface area contributed by atoms with Crippen molar-refractivity contribution in [2.24, 2.45) is 0 Å². The summed E-state index contributed by atoms with van der Waals surface area (Å²) in [5.74, 6) is -0.872. The minimum Gasteiger partial charge on any atom is -0.465 e. The van der Waals surface area contributed by atoms with E-state index >= 15 is 0 Å². The Balaban J connectivity index is 1.62. The lowest BCUT2D eigenvalue weighted by molar-refractivity contribution is -0.113. The third kappa shape index (κ3) is 3.99. The first-order chi connectivity index (χ1) is 15.0. The third-order valence-electron chi connectivity index (χ3n) is 4.40. The van der Waals surface area contributed by atoms with Gasteiger partial charge in [-0.15, -0.1) is 17.9 Å². The Kier molecular flexibility index (Phi) is 5.92. The summed E-state index contributed by atoms with van der Waals surface area (Å²) in [5.41, 5.74) is 1.23. The first kappa shape index (κ1) is 20.9. The molecule has 0 aliphatic heterocycles. The van der Waals surface area contributed by atoms with E-state index in [0.717, 1.165) is 17.1 Å². The van der Waals surface area contributed by atoms with Crippen molar-refractivity contribution in [1.82, 2.24) is 9.55 Å². The highest BCUT2D eigenvalue weighted by molar-refractivity contribution is 7.99. The van der Waals surface area contributed by atoms with Crippen molar-refractivity contribution in [2.75, 3.05) is 18.2 Å². The van der Waals surface area contributed by atoms with Crippen LogP contribution >= 0.6 is 23.1 Å². The number of para-hydroxylation sites is 1. The minimum atomic E-state index is -0.517. The number of esters is 1. The monoisotopic (exact) mass is 455 g/mol. The van der Waals surface area contributed by atoms with Crippen molar-refractivity contribution in [2.45, 2.75) is 11.7 Å². The van der Waals surface area contributed by atoms with Gasteiger partial charge >= 0.3 is 5.97 Å². The fourth-order valence-corrected chi connectivity index (χ4v) is 4.60. The van der Waals surface area contributed by atoms with Gasteiger partial charge in [0.25, 0.3) is 5.56 Å². The number of allylic oxidation sites excluding steroid dienone is 1. The maximum absolute atomic E-state index is 13.0. The van der Waals surface area contributed by atoms with Crippen LogP contribution in [0.1, 0.15) is 9.67 Å². The van der Waals surface area contributed by atoms with Crippen molar-refractivity contribution < 1.29 is 18.7 Å². The maximum Gasteiger partial charge on any atom is 0.350 e. The topological polar surface area (TPSA) is 103 Å². The van der Waals surface area contributed by atoms with Gasteiger partial charge in [-0.25, -0.2) is 9.78 Å². The van der Waals surface area contributed by atoms with E-state index in [2.05, 4.69) is 16.9 Å². The molecule has 3 aromatic heterocycles. The molecule has 0 unspecified atom stereocenters. The molecule has 10 heteroatoms.